The lowest BCUT2D eigenvalue weighted by atomic mass is 10.1. The number of hydrogen-bond donors (Lipinski definition) is 2. The highest BCUT2D eigenvalue weighted by atomic mass is 19.2. The molecule has 0 aliphatic carbocycles. The zero-order chi connectivity index (χ0) is 21.7. The third-order valence-electron chi connectivity index (χ3n) is 4.39. The SMILES string of the molecule is COc1ccc(CNC(=O)c2ccc(C)c(NC(=O)c3ccc(F)c(F)c3)c2)cn1. The summed E-state index contributed by atoms with van der Waals surface area (Å²) in [6.07, 6.45) is 1.60. The van der Waals surface area contributed by atoms with Gasteiger partial charge in [-0.15, -0.1) is 0 Å². The maximum absolute atomic E-state index is 13.4. The molecule has 8 heteroatoms. The van der Waals surface area contributed by atoms with E-state index >= 15 is 0 Å². The molecule has 2 amide bonds. The van der Waals surface area contributed by atoms with Crippen LogP contribution in [0.5, 0.6) is 5.88 Å². The van der Waals surface area contributed by atoms with Gasteiger partial charge in [-0.2, -0.15) is 0 Å². The zero-order valence-electron chi connectivity index (χ0n) is 16.3. The summed E-state index contributed by atoms with van der Waals surface area (Å²) in [4.78, 5) is 28.9. The molecule has 0 saturated heterocycles. The first-order valence-corrected chi connectivity index (χ1v) is 9.01. The molecule has 0 aliphatic heterocycles. The fourth-order valence-corrected chi connectivity index (χ4v) is 2.65. The number of hydrogen-bond acceptors (Lipinski definition) is 4. The lowest BCUT2D eigenvalue weighted by molar-refractivity contribution is 0.0949. The van der Waals surface area contributed by atoms with Gasteiger partial charge in [-0.1, -0.05) is 12.1 Å². The van der Waals surface area contributed by atoms with Gasteiger partial charge >= 0.3 is 0 Å². The van der Waals surface area contributed by atoms with Crippen LogP contribution in [0.2, 0.25) is 0 Å². The van der Waals surface area contributed by atoms with Crippen LogP contribution in [0.4, 0.5) is 14.5 Å². The monoisotopic (exact) mass is 411 g/mol. The van der Waals surface area contributed by atoms with Crippen molar-refractivity contribution in [2.24, 2.45) is 0 Å². The maximum atomic E-state index is 13.4. The van der Waals surface area contributed by atoms with Crippen LogP contribution in [-0.4, -0.2) is 23.9 Å². The summed E-state index contributed by atoms with van der Waals surface area (Å²) in [5, 5.41) is 5.40. The Labute approximate surface area is 171 Å². The minimum atomic E-state index is -1.11. The van der Waals surface area contributed by atoms with Crippen LogP contribution in [0.3, 0.4) is 0 Å². The number of nitrogens with one attached hydrogen (secondary N) is 2. The van der Waals surface area contributed by atoms with Crippen LogP contribution >= 0.6 is 0 Å². The van der Waals surface area contributed by atoms with Crippen LogP contribution in [0.25, 0.3) is 0 Å². The third-order valence-corrected chi connectivity index (χ3v) is 4.39. The number of carbonyl (C=O) groups excluding carboxylic acids is 2. The molecule has 0 radical (unpaired) electrons. The van der Waals surface area contributed by atoms with E-state index in [1.54, 1.807) is 37.4 Å². The lowest BCUT2D eigenvalue weighted by Gasteiger charge is -2.11. The van der Waals surface area contributed by atoms with Crippen molar-refractivity contribution in [3.8, 4) is 5.88 Å². The van der Waals surface area contributed by atoms with Crippen molar-refractivity contribution >= 4 is 17.5 Å². The van der Waals surface area contributed by atoms with Gasteiger partial charge in [0.15, 0.2) is 11.6 Å². The summed E-state index contributed by atoms with van der Waals surface area (Å²) in [5.74, 6) is -2.62. The normalized spacial score (nSPS) is 10.4. The first-order chi connectivity index (χ1) is 14.4. The maximum Gasteiger partial charge on any atom is 0.255 e. The Bertz CT molecular complexity index is 1090. The number of amides is 2. The number of halogens is 2. The number of nitrogens with zero attached hydrogens (tertiary/aromatic N) is 1. The van der Waals surface area contributed by atoms with Crippen molar-refractivity contribution in [2.75, 3.05) is 12.4 Å². The molecule has 0 spiro atoms. The van der Waals surface area contributed by atoms with Crippen molar-refractivity contribution in [3.05, 3.63) is 88.6 Å². The summed E-state index contributed by atoms with van der Waals surface area (Å²) in [5.41, 5.74) is 2.20. The number of carbonyl (C=O) groups is 2. The molecular weight excluding hydrogens is 392 g/mol. The van der Waals surface area contributed by atoms with Gasteiger partial charge in [-0.05, 0) is 48.4 Å². The topological polar surface area (TPSA) is 80.3 Å². The van der Waals surface area contributed by atoms with E-state index < -0.39 is 17.5 Å². The Balaban J connectivity index is 1.69. The third kappa shape index (κ3) is 4.96. The Hall–Kier alpha value is -3.81. The van der Waals surface area contributed by atoms with E-state index in [1.165, 1.54) is 19.2 Å². The Morgan fingerprint density at radius 2 is 1.70 bits per heavy atom. The number of rotatable bonds is 6. The standard InChI is InChI=1S/C22H19F2N3O3/c1-13-3-5-16(21(28)26-12-14-4-8-20(30-2)25-11-14)10-19(13)27-22(29)15-6-7-17(23)18(24)9-15/h3-11H,12H2,1-2H3,(H,26,28)(H,27,29). The Morgan fingerprint density at radius 1 is 0.967 bits per heavy atom. The van der Waals surface area contributed by atoms with Crippen LogP contribution < -0.4 is 15.4 Å². The minimum Gasteiger partial charge on any atom is -0.481 e. The lowest BCUT2D eigenvalue weighted by Crippen LogP contribution is -2.23. The zero-order valence-corrected chi connectivity index (χ0v) is 16.3. The van der Waals surface area contributed by atoms with E-state index in [2.05, 4.69) is 15.6 Å². The molecule has 0 fully saturated rings. The van der Waals surface area contributed by atoms with Crippen LogP contribution in [0, 0.1) is 18.6 Å². The Morgan fingerprint density at radius 3 is 2.37 bits per heavy atom. The number of aromatic nitrogens is 1. The molecular formula is C22H19F2N3O3. The van der Waals surface area contributed by atoms with Crippen molar-refractivity contribution in [2.45, 2.75) is 13.5 Å². The number of anilines is 1. The van der Waals surface area contributed by atoms with Crippen molar-refractivity contribution in [1.82, 2.24) is 10.3 Å². The number of benzene rings is 2. The molecule has 1 heterocycles. The minimum absolute atomic E-state index is 0.0323. The quantitative estimate of drug-likeness (QED) is 0.646. The molecule has 0 saturated carbocycles. The second kappa shape index (κ2) is 9.13. The van der Waals surface area contributed by atoms with Crippen molar-refractivity contribution in [3.63, 3.8) is 0 Å². The number of aryl methyl sites for hydroxylation is 1. The first-order valence-electron chi connectivity index (χ1n) is 9.01. The molecule has 0 bridgehead atoms. The molecule has 0 aliphatic rings. The molecule has 1 aromatic heterocycles. The van der Waals surface area contributed by atoms with Gasteiger partial charge in [0.1, 0.15) is 0 Å². The average molecular weight is 411 g/mol. The van der Waals surface area contributed by atoms with Crippen LogP contribution in [-0.2, 0) is 6.54 Å². The summed E-state index contributed by atoms with van der Waals surface area (Å²) >= 11 is 0. The van der Waals surface area contributed by atoms with Crippen molar-refractivity contribution < 1.29 is 23.1 Å². The number of ether oxygens (including phenoxy) is 1. The van der Waals surface area contributed by atoms with E-state index in [0.717, 1.165) is 17.7 Å². The molecule has 154 valence electrons. The van der Waals surface area contributed by atoms with Crippen LogP contribution in [0.1, 0.15) is 31.8 Å². The van der Waals surface area contributed by atoms with Gasteiger partial charge in [-0.25, -0.2) is 13.8 Å². The summed E-state index contributed by atoms with van der Waals surface area (Å²) in [7, 11) is 1.52. The summed E-state index contributed by atoms with van der Waals surface area (Å²) in [6, 6.07) is 11.2. The van der Waals surface area contributed by atoms with E-state index in [9.17, 15) is 18.4 Å². The largest absolute Gasteiger partial charge is 0.481 e. The van der Waals surface area contributed by atoms with E-state index in [4.69, 9.17) is 4.74 Å². The molecule has 3 rings (SSSR count). The summed E-state index contributed by atoms with van der Waals surface area (Å²) < 4.78 is 31.4. The second-order valence-corrected chi connectivity index (χ2v) is 6.50. The fourth-order valence-electron chi connectivity index (χ4n) is 2.65. The molecule has 3 aromatic rings. The van der Waals surface area contributed by atoms with Gasteiger partial charge in [0, 0.05) is 35.6 Å². The van der Waals surface area contributed by atoms with Gasteiger partial charge in [-0.3, -0.25) is 9.59 Å². The molecule has 2 aromatic carbocycles. The van der Waals surface area contributed by atoms with Gasteiger partial charge in [0.25, 0.3) is 11.8 Å². The second-order valence-electron chi connectivity index (χ2n) is 6.50. The average Bonchev–Trinajstić information content (AvgIpc) is 2.75. The first kappa shape index (κ1) is 20.9. The molecule has 2 N–H and O–H groups in total. The predicted octanol–water partition coefficient (Wildman–Crippen LogP) is 3.86. The van der Waals surface area contributed by atoms with Gasteiger partial charge in [0.05, 0.1) is 7.11 Å². The van der Waals surface area contributed by atoms with Gasteiger partial charge in [0.2, 0.25) is 5.88 Å². The molecule has 0 atom stereocenters. The summed E-state index contributed by atoms with van der Waals surface area (Å²) in [6.45, 7) is 2.02. The predicted molar refractivity (Wildman–Crippen MR) is 107 cm³/mol. The molecule has 30 heavy (non-hydrogen) atoms. The Kier molecular flexibility index (Phi) is 6.36. The van der Waals surface area contributed by atoms with Crippen molar-refractivity contribution in [1.29, 1.82) is 0 Å². The highest BCUT2D eigenvalue weighted by Crippen LogP contribution is 2.19. The molecule has 6 nitrogen and oxygen atoms in total. The highest BCUT2D eigenvalue weighted by molar-refractivity contribution is 6.05. The van der Waals surface area contributed by atoms with E-state index in [1.807, 2.05) is 0 Å². The van der Waals surface area contributed by atoms with E-state index in [0.29, 0.717) is 22.7 Å². The highest BCUT2D eigenvalue weighted by Gasteiger charge is 2.13. The van der Waals surface area contributed by atoms with Crippen LogP contribution in [0.15, 0.2) is 54.7 Å². The van der Waals surface area contributed by atoms with E-state index in [-0.39, 0.29) is 18.0 Å². The number of methoxy groups -OCH3 is 1. The smallest absolute Gasteiger partial charge is 0.255 e. The van der Waals surface area contributed by atoms with Gasteiger partial charge < -0.3 is 15.4 Å². The molecule has 0 unspecified atom stereocenters. The number of pyridine rings is 1. The fraction of sp³-hybridized carbons (Fsp3) is 0.136.